The summed E-state index contributed by atoms with van der Waals surface area (Å²) < 4.78 is 21.7. The predicted molar refractivity (Wildman–Crippen MR) is 61.3 cm³/mol. The maximum atomic E-state index is 11.8. The number of carbonyl (C=O) groups excluding carboxylic acids is 1. The highest BCUT2D eigenvalue weighted by atomic mass is 32.2. The van der Waals surface area contributed by atoms with Gasteiger partial charge in [-0.2, -0.15) is 0 Å². The van der Waals surface area contributed by atoms with Crippen LogP contribution in [0.2, 0.25) is 0 Å². The molecule has 1 atom stereocenters. The Bertz CT molecular complexity index is 379. The number of urea groups is 1. The Hall–Kier alpha value is -1.08. The summed E-state index contributed by atoms with van der Waals surface area (Å²) in [6.45, 7) is 4.41. The molecule has 0 aromatic carbocycles. The smallest absolute Gasteiger partial charge is 0.320 e. The van der Waals surface area contributed by atoms with Crippen molar-refractivity contribution in [3.8, 4) is 0 Å². The third kappa shape index (κ3) is 3.21. The second kappa shape index (κ2) is 4.84. The van der Waals surface area contributed by atoms with Crippen molar-refractivity contribution in [2.24, 2.45) is 5.14 Å². The number of sulfonamides is 1. The molecule has 0 spiro atoms. The molecule has 1 saturated heterocycles. The molecule has 7 heteroatoms. The Labute approximate surface area is 95.7 Å². The summed E-state index contributed by atoms with van der Waals surface area (Å²) >= 11 is 0. The van der Waals surface area contributed by atoms with Gasteiger partial charge in [-0.15, -0.1) is 6.58 Å². The number of carbonyl (C=O) groups is 1. The van der Waals surface area contributed by atoms with E-state index in [4.69, 9.17) is 5.14 Å². The van der Waals surface area contributed by atoms with Crippen LogP contribution in [0.25, 0.3) is 0 Å². The molecular weight excluding hydrogens is 230 g/mol. The van der Waals surface area contributed by atoms with Gasteiger partial charge in [0.05, 0.1) is 11.8 Å². The van der Waals surface area contributed by atoms with Crippen molar-refractivity contribution >= 4 is 16.1 Å². The molecule has 0 aliphatic carbocycles. The van der Waals surface area contributed by atoms with Crippen LogP contribution in [0.1, 0.15) is 6.42 Å². The van der Waals surface area contributed by atoms with Crippen molar-refractivity contribution < 1.29 is 13.2 Å². The maximum Gasteiger partial charge on any atom is 0.320 e. The van der Waals surface area contributed by atoms with Gasteiger partial charge < -0.3 is 9.80 Å². The van der Waals surface area contributed by atoms with E-state index < -0.39 is 10.0 Å². The van der Waals surface area contributed by atoms with Crippen LogP contribution in [-0.4, -0.2) is 56.2 Å². The molecule has 2 amide bonds. The number of hydrogen-bond acceptors (Lipinski definition) is 3. The third-order valence-corrected chi connectivity index (χ3v) is 3.37. The van der Waals surface area contributed by atoms with E-state index in [1.807, 2.05) is 0 Å². The Morgan fingerprint density at radius 3 is 2.75 bits per heavy atom. The molecule has 0 unspecified atom stereocenters. The Balaban J connectivity index is 2.71. The van der Waals surface area contributed by atoms with Crippen molar-refractivity contribution in [3.05, 3.63) is 12.7 Å². The molecular formula is C9H17N3O3S. The average Bonchev–Trinajstić information content (AvgIpc) is 2.19. The first-order valence-electron chi connectivity index (χ1n) is 5.00. The summed E-state index contributed by atoms with van der Waals surface area (Å²) in [4.78, 5) is 14.8. The fourth-order valence-electron chi connectivity index (χ4n) is 1.67. The van der Waals surface area contributed by atoms with Crippen molar-refractivity contribution in [3.63, 3.8) is 0 Å². The van der Waals surface area contributed by atoms with E-state index in [-0.39, 0.29) is 24.4 Å². The minimum absolute atomic E-state index is 0.106. The first-order valence-corrected chi connectivity index (χ1v) is 6.71. The monoisotopic (exact) mass is 247 g/mol. The number of hydrogen-bond donors (Lipinski definition) is 1. The molecule has 0 radical (unpaired) electrons. The molecule has 16 heavy (non-hydrogen) atoms. The Morgan fingerprint density at radius 1 is 1.62 bits per heavy atom. The summed E-state index contributed by atoms with van der Waals surface area (Å²) in [5.74, 6) is -0.225. The topological polar surface area (TPSA) is 83.7 Å². The number of nitrogens with zero attached hydrogens (tertiary/aromatic N) is 2. The summed E-state index contributed by atoms with van der Waals surface area (Å²) in [5, 5.41) is 4.91. The molecule has 0 aromatic rings. The van der Waals surface area contributed by atoms with E-state index in [1.54, 1.807) is 18.0 Å². The molecule has 0 bridgehead atoms. The van der Waals surface area contributed by atoms with Crippen LogP contribution in [-0.2, 0) is 10.0 Å². The minimum Gasteiger partial charge on any atom is -0.328 e. The van der Waals surface area contributed by atoms with Crippen molar-refractivity contribution in [2.45, 2.75) is 12.5 Å². The summed E-state index contributed by atoms with van der Waals surface area (Å²) in [6, 6.07) is -0.287. The van der Waals surface area contributed by atoms with Gasteiger partial charge in [-0.25, -0.2) is 18.4 Å². The van der Waals surface area contributed by atoms with E-state index in [0.29, 0.717) is 6.54 Å². The van der Waals surface area contributed by atoms with E-state index in [2.05, 4.69) is 6.58 Å². The van der Waals surface area contributed by atoms with E-state index in [0.717, 1.165) is 6.42 Å². The van der Waals surface area contributed by atoms with E-state index >= 15 is 0 Å². The van der Waals surface area contributed by atoms with E-state index in [1.165, 1.54) is 4.90 Å². The molecule has 1 fully saturated rings. The lowest BCUT2D eigenvalue weighted by atomic mass is 10.1. The van der Waals surface area contributed by atoms with Gasteiger partial charge in [0.1, 0.15) is 0 Å². The molecule has 0 saturated carbocycles. The normalized spacial score (nSPS) is 22.4. The lowest BCUT2D eigenvalue weighted by Crippen LogP contribution is -2.53. The van der Waals surface area contributed by atoms with Crippen molar-refractivity contribution in [2.75, 3.05) is 25.9 Å². The molecule has 6 nitrogen and oxygen atoms in total. The number of nitrogens with two attached hydrogens (primary N) is 1. The third-order valence-electron chi connectivity index (χ3n) is 2.62. The molecule has 92 valence electrons. The number of primary sulfonamides is 1. The zero-order chi connectivity index (χ0) is 12.3. The van der Waals surface area contributed by atoms with Crippen LogP contribution < -0.4 is 5.14 Å². The first kappa shape index (κ1) is 13.0. The van der Waals surface area contributed by atoms with Crippen molar-refractivity contribution in [1.29, 1.82) is 0 Å². The van der Waals surface area contributed by atoms with Gasteiger partial charge in [0.15, 0.2) is 0 Å². The quantitative estimate of drug-likeness (QED) is 0.685. The van der Waals surface area contributed by atoms with Crippen LogP contribution in [0.4, 0.5) is 4.79 Å². The summed E-state index contributed by atoms with van der Waals surface area (Å²) in [5.41, 5.74) is 0. The van der Waals surface area contributed by atoms with Gasteiger partial charge in [-0.3, -0.25) is 0 Å². The number of amides is 2. The van der Waals surface area contributed by atoms with Crippen LogP contribution in [0.5, 0.6) is 0 Å². The molecule has 1 heterocycles. The van der Waals surface area contributed by atoms with Gasteiger partial charge in [-0.05, 0) is 6.42 Å². The largest absolute Gasteiger partial charge is 0.328 e. The van der Waals surface area contributed by atoms with Crippen molar-refractivity contribution in [1.82, 2.24) is 9.80 Å². The molecule has 1 rings (SSSR count). The van der Waals surface area contributed by atoms with E-state index in [9.17, 15) is 13.2 Å². The zero-order valence-corrected chi connectivity index (χ0v) is 10.1. The van der Waals surface area contributed by atoms with Crippen LogP contribution >= 0.6 is 0 Å². The lowest BCUT2D eigenvalue weighted by molar-refractivity contribution is 0.126. The first-order chi connectivity index (χ1) is 7.35. The van der Waals surface area contributed by atoms with Gasteiger partial charge in [0.25, 0.3) is 0 Å². The maximum absolute atomic E-state index is 11.8. The molecule has 1 aliphatic rings. The summed E-state index contributed by atoms with van der Waals surface area (Å²) in [7, 11) is -1.86. The Morgan fingerprint density at radius 2 is 2.25 bits per heavy atom. The average molecular weight is 247 g/mol. The number of rotatable bonds is 4. The SMILES string of the molecule is C=C[C@H]1CCN(C)C(=O)N1CCS(N)(=O)=O. The highest BCUT2D eigenvalue weighted by Gasteiger charge is 2.29. The van der Waals surface area contributed by atoms with Crippen LogP contribution in [0, 0.1) is 0 Å². The van der Waals surface area contributed by atoms with Gasteiger partial charge in [-0.1, -0.05) is 6.08 Å². The Kier molecular flexibility index (Phi) is 3.93. The standard InChI is InChI=1S/C9H17N3O3S/c1-3-8-4-5-11(2)9(13)12(8)6-7-16(10,14)15/h3,8H,1,4-7H2,2H3,(H2,10,14,15)/t8-/m0/s1. The predicted octanol–water partition coefficient (Wildman–Crippen LogP) is -0.413. The molecule has 1 aliphatic heterocycles. The van der Waals surface area contributed by atoms with Gasteiger partial charge in [0.2, 0.25) is 10.0 Å². The molecule has 0 aromatic heterocycles. The summed E-state index contributed by atoms with van der Waals surface area (Å²) in [6.07, 6.45) is 2.42. The highest BCUT2D eigenvalue weighted by Crippen LogP contribution is 2.15. The van der Waals surface area contributed by atoms with Crippen LogP contribution in [0.3, 0.4) is 0 Å². The van der Waals surface area contributed by atoms with Crippen LogP contribution in [0.15, 0.2) is 12.7 Å². The highest BCUT2D eigenvalue weighted by molar-refractivity contribution is 7.89. The fraction of sp³-hybridized carbons (Fsp3) is 0.667. The second-order valence-electron chi connectivity index (χ2n) is 3.86. The second-order valence-corrected chi connectivity index (χ2v) is 5.59. The van der Waals surface area contributed by atoms with Gasteiger partial charge >= 0.3 is 6.03 Å². The lowest BCUT2D eigenvalue weighted by Gasteiger charge is -2.38. The molecule has 2 N–H and O–H groups in total. The fourth-order valence-corrected chi connectivity index (χ4v) is 2.12. The minimum atomic E-state index is -3.54. The zero-order valence-electron chi connectivity index (χ0n) is 9.30. The van der Waals surface area contributed by atoms with Gasteiger partial charge in [0, 0.05) is 20.1 Å².